The molecule has 1 N–H and O–H groups in total. The number of aromatic nitrogens is 1. The van der Waals surface area contributed by atoms with E-state index in [4.69, 9.17) is 4.98 Å². The van der Waals surface area contributed by atoms with Crippen LogP contribution in [-0.2, 0) is 12.7 Å². The Morgan fingerprint density at radius 3 is 2.36 bits per heavy atom. The van der Waals surface area contributed by atoms with Crippen molar-refractivity contribution in [3.63, 3.8) is 0 Å². The van der Waals surface area contributed by atoms with Crippen LogP contribution in [0.15, 0.2) is 72.1 Å². The molecule has 2 aromatic carbocycles. The lowest BCUT2D eigenvalue weighted by Gasteiger charge is -2.13. The zero-order valence-corrected chi connectivity index (χ0v) is 16.2. The van der Waals surface area contributed by atoms with Gasteiger partial charge < -0.3 is 5.32 Å². The van der Waals surface area contributed by atoms with Crippen LogP contribution in [0.2, 0.25) is 0 Å². The predicted molar refractivity (Wildman–Crippen MR) is 110 cm³/mol. The third kappa shape index (κ3) is 3.95. The number of anilines is 1. The smallest absolute Gasteiger partial charge is 0.371 e. The summed E-state index contributed by atoms with van der Waals surface area (Å²) < 4.78 is 39.8. The number of thiazole rings is 1. The Labute approximate surface area is 168 Å². The number of halogens is 3. The van der Waals surface area contributed by atoms with Crippen LogP contribution < -0.4 is 5.32 Å². The average Bonchev–Trinajstić information content (AvgIpc) is 3.36. The first-order chi connectivity index (χ1) is 13.5. The van der Waals surface area contributed by atoms with Crippen LogP contribution in [0, 0.1) is 0 Å². The zero-order chi connectivity index (χ0) is 19.6. The molecule has 0 saturated carbocycles. The van der Waals surface area contributed by atoms with Crippen LogP contribution in [0.4, 0.5) is 18.2 Å². The van der Waals surface area contributed by atoms with Gasteiger partial charge in [0.15, 0.2) is 0 Å². The fourth-order valence-corrected chi connectivity index (χ4v) is 4.62. The summed E-state index contributed by atoms with van der Waals surface area (Å²) in [6.45, 7) is 0.0739. The molecule has 0 radical (unpaired) electrons. The Balaban J connectivity index is 1.68. The normalized spacial score (nSPS) is 11.5. The van der Waals surface area contributed by atoms with Crippen LogP contribution in [0.25, 0.3) is 21.1 Å². The summed E-state index contributed by atoms with van der Waals surface area (Å²) >= 11 is 3.00. The molecule has 142 valence electrons. The van der Waals surface area contributed by atoms with Crippen molar-refractivity contribution in [1.29, 1.82) is 0 Å². The van der Waals surface area contributed by atoms with Crippen LogP contribution >= 0.6 is 22.7 Å². The average molecular weight is 416 g/mol. The second-order valence-electron chi connectivity index (χ2n) is 6.05. The number of benzene rings is 2. The maximum absolute atomic E-state index is 13.3. The molecule has 0 saturated heterocycles. The minimum atomic E-state index is -4.38. The van der Waals surface area contributed by atoms with Gasteiger partial charge in [0.05, 0.1) is 10.4 Å². The van der Waals surface area contributed by atoms with Gasteiger partial charge in [-0.2, -0.15) is 13.2 Å². The SMILES string of the molecule is FC(F)(F)c1ccccc1CNc1sc(-c2ccccc2)nc1-c1cccs1. The van der Waals surface area contributed by atoms with E-state index in [9.17, 15) is 13.2 Å². The lowest BCUT2D eigenvalue weighted by molar-refractivity contribution is -0.138. The number of nitrogens with zero attached hydrogens (tertiary/aromatic N) is 1. The molecule has 2 aromatic heterocycles. The van der Waals surface area contributed by atoms with Gasteiger partial charge in [-0.25, -0.2) is 4.98 Å². The fraction of sp³-hybridized carbons (Fsp3) is 0.0952. The van der Waals surface area contributed by atoms with Crippen molar-refractivity contribution in [2.45, 2.75) is 12.7 Å². The van der Waals surface area contributed by atoms with E-state index in [1.54, 1.807) is 17.4 Å². The van der Waals surface area contributed by atoms with Crippen LogP contribution in [0.1, 0.15) is 11.1 Å². The number of rotatable bonds is 5. The van der Waals surface area contributed by atoms with E-state index in [0.717, 1.165) is 32.2 Å². The van der Waals surface area contributed by atoms with E-state index >= 15 is 0 Å². The highest BCUT2D eigenvalue weighted by molar-refractivity contribution is 7.20. The van der Waals surface area contributed by atoms with E-state index in [-0.39, 0.29) is 12.1 Å². The molecular weight excluding hydrogens is 401 g/mol. The standard InChI is InChI=1S/C21H15F3N2S2/c22-21(23,24)16-10-5-4-9-15(16)13-25-20-18(17-11-6-12-27-17)26-19(28-20)14-7-2-1-3-8-14/h1-12,25H,13H2. The van der Waals surface area contributed by atoms with Gasteiger partial charge in [-0.15, -0.1) is 11.3 Å². The van der Waals surface area contributed by atoms with Gasteiger partial charge in [0.25, 0.3) is 0 Å². The van der Waals surface area contributed by atoms with Gasteiger partial charge >= 0.3 is 6.18 Å². The topological polar surface area (TPSA) is 24.9 Å². The van der Waals surface area contributed by atoms with Crippen molar-refractivity contribution >= 4 is 27.7 Å². The molecule has 0 fully saturated rings. The van der Waals surface area contributed by atoms with E-state index in [2.05, 4.69) is 5.32 Å². The molecule has 4 rings (SSSR count). The lowest BCUT2D eigenvalue weighted by Crippen LogP contribution is -2.11. The highest BCUT2D eigenvalue weighted by atomic mass is 32.1. The molecule has 0 aliphatic carbocycles. The summed E-state index contributed by atoms with van der Waals surface area (Å²) in [6, 6.07) is 19.3. The van der Waals surface area contributed by atoms with Crippen molar-refractivity contribution < 1.29 is 13.2 Å². The quantitative estimate of drug-likeness (QED) is 0.373. The first-order valence-electron chi connectivity index (χ1n) is 8.51. The highest BCUT2D eigenvalue weighted by Gasteiger charge is 2.32. The summed E-state index contributed by atoms with van der Waals surface area (Å²) in [5.41, 5.74) is 1.34. The molecule has 0 unspecified atom stereocenters. The van der Waals surface area contributed by atoms with Gasteiger partial charge in [0.2, 0.25) is 0 Å². The van der Waals surface area contributed by atoms with Gasteiger partial charge in [-0.05, 0) is 23.1 Å². The maximum atomic E-state index is 13.3. The monoisotopic (exact) mass is 416 g/mol. The van der Waals surface area contributed by atoms with Gasteiger partial charge in [0.1, 0.15) is 15.7 Å². The number of thiophene rings is 1. The van der Waals surface area contributed by atoms with Crippen molar-refractivity contribution in [3.05, 3.63) is 83.2 Å². The Bertz CT molecular complexity index is 1050. The van der Waals surface area contributed by atoms with Crippen molar-refractivity contribution in [1.82, 2.24) is 4.98 Å². The van der Waals surface area contributed by atoms with E-state index in [1.165, 1.54) is 23.5 Å². The summed E-state index contributed by atoms with van der Waals surface area (Å²) in [7, 11) is 0. The van der Waals surface area contributed by atoms with E-state index in [0.29, 0.717) is 0 Å². The lowest BCUT2D eigenvalue weighted by atomic mass is 10.1. The number of hydrogen-bond acceptors (Lipinski definition) is 4. The second kappa shape index (κ2) is 7.77. The maximum Gasteiger partial charge on any atom is 0.416 e. The van der Waals surface area contributed by atoms with Crippen LogP contribution in [0.5, 0.6) is 0 Å². The molecule has 0 bridgehead atoms. The molecule has 0 spiro atoms. The Hall–Kier alpha value is -2.64. The molecule has 0 aliphatic heterocycles. The van der Waals surface area contributed by atoms with Crippen molar-refractivity contribution in [3.8, 4) is 21.1 Å². The highest BCUT2D eigenvalue weighted by Crippen LogP contribution is 2.40. The third-order valence-corrected chi connectivity index (χ3v) is 6.10. The largest absolute Gasteiger partial charge is 0.416 e. The molecule has 28 heavy (non-hydrogen) atoms. The number of hydrogen-bond donors (Lipinski definition) is 1. The fourth-order valence-electron chi connectivity index (χ4n) is 2.85. The van der Waals surface area contributed by atoms with E-state index in [1.807, 2.05) is 47.8 Å². The predicted octanol–water partition coefficient (Wildman–Crippen LogP) is 7.17. The van der Waals surface area contributed by atoms with Gasteiger partial charge in [-0.1, -0.05) is 65.9 Å². The second-order valence-corrected chi connectivity index (χ2v) is 8.00. The van der Waals surface area contributed by atoms with Gasteiger partial charge in [-0.3, -0.25) is 0 Å². The van der Waals surface area contributed by atoms with Gasteiger partial charge in [0, 0.05) is 12.1 Å². The van der Waals surface area contributed by atoms with E-state index < -0.39 is 11.7 Å². The third-order valence-electron chi connectivity index (χ3n) is 4.16. The number of nitrogens with one attached hydrogen (secondary N) is 1. The molecular formula is C21H15F3N2S2. The molecule has 4 aromatic rings. The minimum Gasteiger partial charge on any atom is -0.371 e. The summed E-state index contributed by atoms with van der Waals surface area (Å²) in [5, 5.41) is 6.73. The molecule has 0 aliphatic rings. The van der Waals surface area contributed by atoms with Crippen molar-refractivity contribution in [2.24, 2.45) is 0 Å². The Kier molecular flexibility index (Phi) is 5.19. The zero-order valence-electron chi connectivity index (χ0n) is 14.5. The van der Waals surface area contributed by atoms with Crippen molar-refractivity contribution in [2.75, 3.05) is 5.32 Å². The molecule has 2 nitrogen and oxygen atoms in total. The summed E-state index contributed by atoms with van der Waals surface area (Å²) in [5.74, 6) is 0. The Morgan fingerprint density at radius 1 is 0.893 bits per heavy atom. The molecule has 0 amide bonds. The van der Waals surface area contributed by atoms with Crippen LogP contribution in [0.3, 0.4) is 0 Å². The minimum absolute atomic E-state index is 0.0739. The van der Waals surface area contributed by atoms with Crippen LogP contribution in [-0.4, -0.2) is 4.98 Å². The number of alkyl halides is 3. The molecule has 0 atom stereocenters. The Morgan fingerprint density at radius 2 is 1.64 bits per heavy atom. The first-order valence-corrected chi connectivity index (χ1v) is 10.2. The molecule has 7 heteroatoms. The summed E-state index contributed by atoms with van der Waals surface area (Å²) in [6.07, 6.45) is -4.38. The summed E-state index contributed by atoms with van der Waals surface area (Å²) in [4.78, 5) is 5.73. The molecule has 2 heterocycles. The first kappa shape index (κ1) is 18.7.